The number of piperidine rings is 1. The van der Waals surface area contributed by atoms with Gasteiger partial charge in [0.25, 0.3) is 5.69 Å². The van der Waals surface area contributed by atoms with Crippen LogP contribution in [0.5, 0.6) is 0 Å². The van der Waals surface area contributed by atoms with Crippen LogP contribution in [0.4, 0.5) is 15.8 Å². The lowest BCUT2D eigenvalue weighted by Gasteiger charge is -2.30. The molecule has 96 valence electrons. The highest BCUT2D eigenvalue weighted by atomic mass is 19.1. The number of rotatable bonds is 3. The number of hydrogen-bond donors (Lipinski definition) is 0. The molecule has 0 aliphatic carbocycles. The molecule has 1 saturated heterocycles. The summed E-state index contributed by atoms with van der Waals surface area (Å²) in [7, 11) is 0. The van der Waals surface area contributed by atoms with E-state index in [1.807, 2.05) is 0 Å². The van der Waals surface area contributed by atoms with E-state index in [4.69, 9.17) is 0 Å². The van der Waals surface area contributed by atoms with Gasteiger partial charge < -0.3 is 4.90 Å². The molecule has 7 heteroatoms. The first-order valence-electron chi connectivity index (χ1n) is 5.63. The molecular formula is C11H12FN3O3. The number of nitroso groups, excluding NO2 is 1. The fraction of sp³-hybridized carbons (Fsp3) is 0.455. The zero-order valence-corrected chi connectivity index (χ0v) is 9.58. The predicted molar refractivity (Wildman–Crippen MR) is 64.1 cm³/mol. The predicted octanol–water partition coefficient (Wildman–Crippen LogP) is 2.47. The van der Waals surface area contributed by atoms with Crippen LogP contribution in [0.1, 0.15) is 12.8 Å². The van der Waals surface area contributed by atoms with Gasteiger partial charge in [-0.2, -0.15) is 4.91 Å². The van der Waals surface area contributed by atoms with Gasteiger partial charge in [0.1, 0.15) is 17.5 Å². The van der Waals surface area contributed by atoms with E-state index >= 15 is 0 Å². The standard InChI is InChI=1S/C11H12FN3O3/c12-8-3-4-10(15(17)18)11(6-8)14-5-1-2-9(7-14)13-16/h3-4,6,9H,1-2,5,7H2. The van der Waals surface area contributed by atoms with Crippen molar-refractivity contribution in [1.29, 1.82) is 0 Å². The van der Waals surface area contributed by atoms with Crippen LogP contribution in [0.25, 0.3) is 0 Å². The molecule has 1 unspecified atom stereocenters. The average molecular weight is 253 g/mol. The quantitative estimate of drug-likeness (QED) is 0.471. The van der Waals surface area contributed by atoms with Crippen molar-refractivity contribution in [3.63, 3.8) is 0 Å². The fourth-order valence-corrected chi connectivity index (χ4v) is 2.16. The smallest absolute Gasteiger partial charge is 0.292 e. The molecule has 0 aromatic heterocycles. The van der Waals surface area contributed by atoms with Crippen LogP contribution in [0.3, 0.4) is 0 Å². The van der Waals surface area contributed by atoms with Gasteiger partial charge in [-0.15, -0.1) is 0 Å². The number of nitrogens with zero attached hydrogens (tertiary/aromatic N) is 3. The number of nitro benzene ring substituents is 1. The summed E-state index contributed by atoms with van der Waals surface area (Å²) in [6, 6.07) is 2.94. The van der Waals surface area contributed by atoms with Crippen molar-refractivity contribution in [2.24, 2.45) is 5.18 Å². The highest BCUT2D eigenvalue weighted by molar-refractivity contribution is 5.63. The second-order valence-corrected chi connectivity index (χ2v) is 4.24. The molecule has 1 aromatic carbocycles. The van der Waals surface area contributed by atoms with E-state index in [1.54, 1.807) is 4.90 Å². The van der Waals surface area contributed by atoms with Crippen molar-refractivity contribution < 1.29 is 9.31 Å². The second kappa shape index (κ2) is 5.07. The fourth-order valence-electron chi connectivity index (χ4n) is 2.16. The first kappa shape index (κ1) is 12.4. The largest absolute Gasteiger partial charge is 0.364 e. The molecule has 1 aromatic rings. The van der Waals surface area contributed by atoms with E-state index in [9.17, 15) is 19.4 Å². The third-order valence-corrected chi connectivity index (χ3v) is 3.02. The number of benzene rings is 1. The number of nitro groups is 1. The Morgan fingerprint density at radius 1 is 1.50 bits per heavy atom. The topological polar surface area (TPSA) is 75.8 Å². The molecule has 1 aliphatic rings. The maximum Gasteiger partial charge on any atom is 0.292 e. The lowest BCUT2D eigenvalue weighted by Crippen LogP contribution is -2.37. The Morgan fingerprint density at radius 3 is 2.94 bits per heavy atom. The van der Waals surface area contributed by atoms with Crippen molar-refractivity contribution in [2.75, 3.05) is 18.0 Å². The summed E-state index contributed by atoms with van der Waals surface area (Å²) in [5, 5.41) is 13.9. The number of hydrogen-bond acceptors (Lipinski definition) is 5. The van der Waals surface area contributed by atoms with E-state index in [-0.39, 0.29) is 17.4 Å². The van der Waals surface area contributed by atoms with E-state index in [2.05, 4.69) is 5.18 Å². The summed E-state index contributed by atoms with van der Waals surface area (Å²) >= 11 is 0. The van der Waals surface area contributed by atoms with Crippen molar-refractivity contribution in [1.82, 2.24) is 0 Å². The molecule has 6 nitrogen and oxygen atoms in total. The van der Waals surface area contributed by atoms with Crippen molar-refractivity contribution >= 4 is 11.4 Å². The van der Waals surface area contributed by atoms with Gasteiger partial charge in [-0.05, 0) is 18.9 Å². The molecular weight excluding hydrogens is 241 g/mol. The molecule has 1 heterocycles. The molecule has 0 radical (unpaired) electrons. The normalized spacial score (nSPS) is 19.6. The summed E-state index contributed by atoms with van der Waals surface area (Å²) in [6.45, 7) is 0.865. The molecule has 18 heavy (non-hydrogen) atoms. The van der Waals surface area contributed by atoms with Crippen LogP contribution in [0.2, 0.25) is 0 Å². The van der Waals surface area contributed by atoms with Crippen LogP contribution >= 0.6 is 0 Å². The first-order valence-corrected chi connectivity index (χ1v) is 5.63. The van der Waals surface area contributed by atoms with Gasteiger partial charge in [0.05, 0.1) is 4.92 Å². The van der Waals surface area contributed by atoms with E-state index < -0.39 is 10.7 Å². The minimum absolute atomic E-state index is 0.150. The van der Waals surface area contributed by atoms with Gasteiger partial charge in [-0.3, -0.25) is 10.1 Å². The maximum absolute atomic E-state index is 13.2. The van der Waals surface area contributed by atoms with E-state index in [0.717, 1.165) is 18.2 Å². The molecule has 1 fully saturated rings. The minimum Gasteiger partial charge on any atom is -0.364 e. The average Bonchev–Trinajstić information content (AvgIpc) is 2.38. The van der Waals surface area contributed by atoms with Gasteiger partial charge in [0.15, 0.2) is 0 Å². The van der Waals surface area contributed by atoms with Gasteiger partial charge in [0, 0.05) is 25.2 Å². The zero-order valence-electron chi connectivity index (χ0n) is 9.58. The zero-order chi connectivity index (χ0) is 13.1. The molecule has 0 spiro atoms. The van der Waals surface area contributed by atoms with E-state index in [0.29, 0.717) is 25.9 Å². The van der Waals surface area contributed by atoms with Gasteiger partial charge in [-0.1, -0.05) is 5.18 Å². The van der Waals surface area contributed by atoms with Crippen molar-refractivity contribution in [2.45, 2.75) is 18.9 Å². The summed E-state index contributed by atoms with van der Waals surface area (Å²) in [5.41, 5.74) is 0.0660. The molecule has 0 amide bonds. The number of halogens is 1. The molecule has 0 N–H and O–H groups in total. The molecule has 1 aliphatic heterocycles. The second-order valence-electron chi connectivity index (χ2n) is 4.24. The van der Waals surface area contributed by atoms with Gasteiger partial charge in [0.2, 0.25) is 0 Å². The Kier molecular flexibility index (Phi) is 3.50. The third-order valence-electron chi connectivity index (χ3n) is 3.02. The van der Waals surface area contributed by atoms with Crippen LogP contribution in [-0.4, -0.2) is 24.1 Å². The molecule has 1 atom stereocenters. The summed E-state index contributed by atoms with van der Waals surface area (Å²) in [5.74, 6) is -0.531. The Balaban J connectivity index is 2.33. The Bertz CT molecular complexity index is 481. The summed E-state index contributed by atoms with van der Waals surface area (Å²) in [6.07, 6.45) is 1.38. The van der Waals surface area contributed by atoms with Crippen LogP contribution in [0, 0.1) is 20.8 Å². The highest BCUT2D eigenvalue weighted by Gasteiger charge is 2.26. The Morgan fingerprint density at radius 2 is 2.28 bits per heavy atom. The minimum atomic E-state index is -0.549. The third kappa shape index (κ3) is 2.44. The lowest BCUT2D eigenvalue weighted by atomic mass is 10.1. The maximum atomic E-state index is 13.2. The Hall–Kier alpha value is -2.05. The molecule has 2 rings (SSSR count). The summed E-state index contributed by atoms with van der Waals surface area (Å²) < 4.78 is 13.2. The number of anilines is 1. The molecule has 0 bridgehead atoms. The van der Waals surface area contributed by atoms with Gasteiger partial charge in [-0.25, -0.2) is 4.39 Å². The van der Waals surface area contributed by atoms with Crippen LogP contribution in [-0.2, 0) is 0 Å². The monoisotopic (exact) mass is 253 g/mol. The first-order chi connectivity index (χ1) is 8.61. The van der Waals surface area contributed by atoms with Crippen molar-refractivity contribution in [3.05, 3.63) is 39.0 Å². The molecule has 0 saturated carbocycles. The summed E-state index contributed by atoms with van der Waals surface area (Å²) in [4.78, 5) is 22.5. The highest BCUT2D eigenvalue weighted by Crippen LogP contribution is 2.31. The van der Waals surface area contributed by atoms with Gasteiger partial charge >= 0.3 is 0 Å². The lowest BCUT2D eigenvalue weighted by molar-refractivity contribution is -0.384. The Labute approximate surface area is 103 Å². The SMILES string of the molecule is O=NC1CCCN(c2cc(F)ccc2[N+](=O)[O-])C1. The van der Waals surface area contributed by atoms with Crippen LogP contribution in [0.15, 0.2) is 23.4 Å². The van der Waals surface area contributed by atoms with Crippen molar-refractivity contribution in [3.8, 4) is 0 Å². The van der Waals surface area contributed by atoms with E-state index in [1.165, 1.54) is 0 Å². The van der Waals surface area contributed by atoms with Crippen LogP contribution < -0.4 is 4.90 Å².